The first kappa shape index (κ1) is 40.6. The van der Waals surface area contributed by atoms with E-state index in [1.807, 2.05) is 36.7 Å². The van der Waals surface area contributed by atoms with E-state index < -0.39 is 14.9 Å². The predicted octanol–water partition coefficient (Wildman–Crippen LogP) is 14.5. The van der Waals surface area contributed by atoms with Crippen LogP contribution in [-0.4, -0.2) is 27.6 Å². The Labute approximate surface area is 386 Å². The summed E-state index contributed by atoms with van der Waals surface area (Å²) in [5.74, 6) is 1.78. The molecule has 0 fully saturated rings. The van der Waals surface area contributed by atoms with E-state index in [0.29, 0.717) is 11.5 Å². The summed E-state index contributed by atoms with van der Waals surface area (Å²) in [4.78, 5) is 14.5. The Morgan fingerprint density at radius 2 is 1.42 bits per heavy atom. The number of nitrogens with zero attached hydrogens (tertiary/aromatic N) is 4. The van der Waals surface area contributed by atoms with Crippen molar-refractivity contribution < 1.29 is 28.6 Å². The van der Waals surface area contributed by atoms with E-state index in [4.69, 9.17) is 18.5 Å². The number of aryl methyl sites for hydroxylation is 2. The number of aromatic nitrogens is 4. The van der Waals surface area contributed by atoms with Crippen LogP contribution in [-0.2, 0) is 20.1 Å². The molecule has 317 valence electrons. The van der Waals surface area contributed by atoms with Gasteiger partial charge in [-0.25, -0.2) is 4.98 Å². The zero-order valence-electron chi connectivity index (χ0n) is 40.3. The molecule has 0 aliphatic rings. The second-order valence-corrected chi connectivity index (χ2v) is 23.0. The van der Waals surface area contributed by atoms with E-state index in [-0.39, 0.29) is 31.9 Å². The number of hydrogen-bond acceptors (Lipinski definition) is 4. The molecule has 5 aromatic carbocycles. The van der Waals surface area contributed by atoms with E-state index >= 15 is 0 Å². The van der Waals surface area contributed by atoms with Gasteiger partial charge in [-0.3, -0.25) is 4.98 Å². The summed E-state index contributed by atoms with van der Waals surface area (Å²) in [6, 6.07) is 43.4. The first-order valence-corrected chi connectivity index (χ1v) is 24.8. The fourth-order valence-electron chi connectivity index (χ4n) is 8.31. The maximum Gasteiger partial charge on any atom is 0.168 e. The minimum Gasteiger partial charge on any atom is -0.501 e. The summed E-state index contributed by atoms with van der Waals surface area (Å²) in [5.41, 5.74) is 14.9. The maximum atomic E-state index is 7.44. The third kappa shape index (κ3) is 8.64. The second kappa shape index (κ2) is 18.1. The van der Waals surface area contributed by atoms with Gasteiger partial charge in [-0.15, -0.1) is 53.6 Å². The standard InChI is InChI=1S/C37H32N3O.C18H24NSi.Ir/c1-22(2)30-20-26(25-12-7-6-8-13-25)21-31(23(3)4)34(30)40-33-24(5)18-19-38-36(33)39-37(40)29-16-11-15-28-27-14-9-10-17-32(27)41-35(28)29;1-13(2)16-11-17(15-9-7-14(3)8-10-15)19-12-18(16)20(4,5)6;/h6-15,17-23H,1-5H3;7-9,11-13H,1-6H3;/q2*-1;/i;3D3;. The Bertz CT molecular complexity index is 3100. The van der Waals surface area contributed by atoms with Gasteiger partial charge in [0.1, 0.15) is 5.58 Å². The Morgan fingerprint density at radius 3 is 2.06 bits per heavy atom. The summed E-state index contributed by atoms with van der Waals surface area (Å²) in [6.45, 7) is 20.5. The Balaban J connectivity index is 0.000000225. The number of fused-ring (bicyclic) bond motifs is 4. The van der Waals surface area contributed by atoms with Gasteiger partial charge in [0.05, 0.1) is 25.0 Å². The molecule has 7 heteroatoms. The largest absolute Gasteiger partial charge is 0.501 e. The van der Waals surface area contributed by atoms with Gasteiger partial charge in [-0.2, -0.15) is 0 Å². The monoisotopic (exact) mass is 1010 g/mol. The smallest absolute Gasteiger partial charge is 0.168 e. The molecule has 4 heterocycles. The fourth-order valence-corrected chi connectivity index (χ4v) is 9.99. The van der Waals surface area contributed by atoms with Crippen molar-refractivity contribution in [2.75, 3.05) is 0 Å². The molecule has 9 aromatic rings. The molecular weight excluding hydrogens is 953 g/mol. The molecule has 0 aliphatic carbocycles. The molecule has 1 radical (unpaired) electrons. The average molecular weight is 1010 g/mol. The summed E-state index contributed by atoms with van der Waals surface area (Å²) in [6.07, 6.45) is 3.85. The van der Waals surface area contributed by atoms with Crippen LogP contribution in [0.4, 0.5) is 0 Å². The number of hydrogen-bond donors (Lipinski definition) is 0. The third-order valence-corrected chi connectivity index (χ3v) is 13.5. The van der Waals surface area contributed by atoms with Gasteiger partial charge < -0.3 is 14.0 Å². The van der Waals surface area contributed by atoms with Crippen molar-refractivity contribution in [2.45, 2.75) is 92.7 Å². The minimum atomic E-state index is -2.09. The molecule has 9 rings (SSSR count). The zero-order valence-corrected chi connectivity index (χ0v) is 40.7. The third-order valence-electron chi connectivity index (χ3n) is 11.5. The van der Waals surface area contributed by atoms with E-state index in [1.54, 1.807) is 18.2 Å². The number of para-hydroxylation sites is 1. The molecule has 0 atom stereocenters. The fraction of sp³-hybridized carbons (Fsp3) is 0.255. The van der Waals surface area contributed by atoms with Gasteiger partial charge in [-0.1, -0.05) is 139 Å². The Kier molecular flexibility index (Phi) is 11.9. The van der Waals surface area contributed by atoms with Crippen molar-refractivity contribution in [3.8, 4) is 39.5 Å². The van der Waals surface area contributed by atoms with E-state index in [0.717, 1.165) is 61.3 Å². The molecule has 0 spiro atoms. The Morgan fingerprint density at radius 1 is 0.726 bits per heavy atom. The maximum absolute atomic E-state index is 7.44. The van der Waals surface area contributed by atoms with Gasteiger partial charge in [0.2, 0.25) is 0 Å². The topological polar surface area (TPSA) is 56.7 Å². The van der Waals surface area contributed by atoms with Crippen LogP contribution < -0.4 is 5.19 Å². The molecule has 0 amide bonds. The van der Waals surface area contributed by atoms with Crippen molar-refractivity contribution >= 4 is 46.4 Å². The number of furan rings is 1. The van der Waals surface area contributed by atoms with Crippen LogP contribution >= 0.6 is 0 Å². The molecular formula is C55H56IrN4OSi-2. The second-order valence-electron chi connectivity index (χ2n) is 18.0. The van der Waals surface area contributed by atoms with Crippen molar-refractivity contribution in [3.05, 3.63) is 162 Å². The van der Waals surface area contributed by atoms with Crippen LogP contribution in [0, 0.1) is 25.9 Å². The SMILES string of the molecule is Cc1ccnc2nc(-c3[c-]ccc4c3oc3ccccc34)n(-c3c(C(C)C)cc(-c4ccccc4)cc3C(C)C)c12.[2H]C([2H])([2H])c1c[c-]c(-c2cc(C(C)C)c([Si](C)(C)C)cn2)cc1.[Ir]. The minimum absolute atomic E-state index is 0. The molecule has 0 N–H and O–H groups in total. The molecule has 62 heavy (non-hydrogen) atoms. The molecule has 0 aliphatic heterocycles. The number of benzene rings is 5. The van der Waals surface area contributed by atoms with Crippen LogP contribution in [0.15, 0.2) is 126 Å². The van der Waals surface area contributed by atoms with Gasteiger partial charge >= 0.3 is 0 Å². The van der Waals surface area contributed by atoms with Crippen LogP contribution in [0.5, 0.6) is 0 Å². The molecule has 5 nitrogen and oxygen atoms in total. The van der Waals surface area contributed by atoms with Gasteiger partial charge in [-0.05, 0) is 87.6 Å². The summed E-state index contributed by atoms with van der Waals surface area (Å²) in [7, 11) is -1.45. The molecule has 0 saturated heterocycles. The summed E-state index contributed by atoms with van der Waals surface area (Å²) >= 11 is 0. The van der Waals surface area contributed by atoms with Gasteiger partial charge in [0.15, 0.2) is 5.65 Å². The average Bonchev–Trinajstić information content (AvgIpc) is 3.85. The van der Waals surface area contributed by atoms with Gasteiger partial charge in [0, 0.05) is 47.7 Å². The number of imidazole rings is 1. The first-order chi connectivity index (χ1) is 30.4. The van der Waals surface area contributed by atoms with Crippen molar-refractivity contribution in [2.24, 2.45) is 0 Å². The first-order valence-electron chi connectivity index (χ1n) is 22.8. The predicted molar refractivity (Wildman–Crippen MR) is 259 cm³/mol. The number of rotatable bonds is 8. The van der Waals surface area contributed by atoms with Crippen LogP contribution in [0.25, 0.3) is 72.6 Å². The van der Waals surface area contributed by atoms with Crippen molar-refractivity contribution in [3.63, 3.8) is 0 Å². The van der Waals surface area contributed by atoms with E-state index in [1.165, 1.54) is 38.7 Å². The van der Waals surface area contributed by atoms with Crippen LogP contribution in [0.1, 0.15) is 91.2 Å². The van der Waals surface area contributed by atoms with E-state index in [2.05, 4.69) is 157 Å². The molecule has 0 bridgehead atoms. The van der Waals surface area contributed by atoms with Crippen LogP contribution in [0.3, 0.4) is 0 Å². The summed E-state index contributed by atoms with van der Waals surface area (Å²) < 4.78 is 31.1. The normalized spacial score (nSPS) is 12.7. The van der Waals surface area contributed by atoms with Gasteiger partial charge in [0.25, 0.3) is 0 Å². The zero-order chi connectivity index (χ0) is 45.7. The number of pyridine rings is 2. The van der Waals surface area contributed by atoms with E-state index in [9.17, 15) is 0 Å². The van der Waals surface area contributed by atoms with Crippen molar-refractivity contribution in [1.82, 2.24) is 19.5 Å². The Hall–Kier alpha value is -5.46. The summed E-state index contributed by atoms with van der Waals surface area (Å²) in [5, 5.41) is 3.54. The molecule has 0 unspecified atom stereocenters. The van der Waals surface area contributed by atoms with Crippen molar-refractivity contribution in [1.29, 1.82) is 0 Å². The van der Waals surface area contributed by atoms with Crippen LogP contribution in [0.2, 0.25) is 19.6 Å². The quantitative estimate of drug-likeness (QED) is 0.112. The molecule has 0 saturated carbocycles. The molecule has 4 aromatic heterocycles.